The van der Waals surface area contributed by atoms with Gasteiger partial charge in [0, 0.05) is 17.1 Å². The number of rotatable bonds is 2. The highest BCUT2D eigenvalue weighted by molar-refractivity contribution is 7.13. The Hall–Kier alpha value is -2.21. The molecule has 0 amide bonds. The van der Waals surface area contributed by atoms with Gasteiger partial charge in [-0.3, -0.25) is 5.10 Å². The van der Waals surface area contributed by atoms with E-state index in [-0.39, 0.29) is 5.69 Å². The summed E-state index contributed by atoms with van der Waals surface area (Å²) in [7, 11) is 0. The molecule has 17 heavy (non-hydrogen) atoms. The molecule has 3 rings (SSSR count). The van der Waals surface area contributed by atoms with Crippen molar-refractivity contribution in [3.8, 4) is 11.3 Å². The second-order valence-corrected chi connectivity index (χ2v) is 4.38. The summed E-state index contributed by atoms with van der Waals surface area (Å²) in [6, 6.07) is 7.32. The summed E-state index contributed by atoms with van der Waals surface area (Å²) in [4.78, 5) is 10.7. The van der Waals surface area contributed by atoms with Crippen molar-refractivity contribution in [2.45, 2.75) is 0 Å². The summed E-state index contributed by atoms with van der Waals surface area (Å²) >= 11 is 1.43. The van der Waals surface area contributed by atoms with Crippen molar-refractivity contribution in [3.63, 3.8) is 0 Å². The topological polar surface area (TPSA) is 78.9 Å². The Labute approximate surface area is 99.9 Å². The first-order valence-electron chi connectivity index (χ1n) is 4.87. The fourth-order valence-corrected chi connectivity index (χ4v) is 2.24. The van der Waals surface area contributed by atoms with E-state index in [4.69, 9.17) is 5.11 Å². The molecule has 0 unspecified atom stereocenters. The molecule has 84 valence electrons. The van der Waals surface area contributed by atoms with Gasteiger partial charge in [-0.2, -0.15) is 9.47 Å². The summed E-state index contributed by atoms with van der Waals surface area (Å²) in [5.41, 5.74) is 1.58. The summed E-state index contributed by atoms with van der Waals surface area (Å²) < 4.78 is 5.19. The molecule has 0 bridgehead atoms. The molecule has 0 radical (unpaired) electrons. The number of nitrogens with one attached hydrogen (secondary N) is 1. The monoisotopic (exact) mass is 245 g/mol. The van der Waals surface area contributed by atoms with Crippen molar-refractivity contribution < 1.29 is 9.90 Å². The van der Waals surface area contributed by atoms with Crippen LogP contribution in [-0.4, -0.2) is 25.6 Å². The van der Waals surface area contributed by atoms with Crippen LogP contribution in [0, 0.1) is 0 Å². The molecule has 5 nitrogen and oxygen atoms in total. The number of carboxylic acids is 1. The normalized spacial score (nSPS) is 10.8. The SMILES string of the molecule is O=C(O)c1cc(-c2ccc3sncc3c2)n[nH]1. The number of hydrogen-bond acceptors (Lipinski definition) is 4. The Balaban J connectivity index is 2.09. The van der Waals surface area contributed by atoms with E-state index in [0.29, 0.717) is 5.69 Å². The van der Waals surface area contributed by atoms with E-state index in [1.165, 1.54) is 17.6 Å². The lowest BCUT2D eigenvalue weighted by molar-refractivity contribution is 0.0690. The van der Waals surface area contributed by atoms with Crippen LogP contribution in [0.3, 0.4) is 0 Å². The zero-order valence-electron chi connectivity index (χ0n) is 8.54. The predicted octanol–water partition coefficient (Wildman–Crippen LogP) is 2.38. The van der Waals surface area contributed by atoms with Crippen molar-refractivity contribution in [1.29, 1.82) is 0 Å². The summed E-state index contributed by atoms with van der Waals surface area (Å²) in [5.74, 6) is -1.01. The second kappa shape index (κ2) is 3.67. The van der Waals surface area contributed by atoms with Crippen LogP contribution >= 0.6 is 11.5 Å². The number of aromatic amines is 1. The fourth-order valence-electron chi connectivity index (χ4n) is 1.61. The first-order chi connectivity index (χ1) is 8.24. The molecule has 0 saturated carbocycles. The maximum Gasteiger partial charge on any atom is 0.353 e. The van der Waals surface area contributed by atoms with E-state index in [1.54, 1.807) is 6.20 Å². The zero-order valence-corrected chi connectivity index (χ0v) is 9.36. The molecule has 0 atom stereocenters. The van der Waals surface area contributed by atoms with Crippen molar-refractivity contribution in [2.24, 2.45) is 0 Å². The third kappa shape index (κ3) is 1.68. The largest absolute Gasteiger partial charge is 0.477 e. The number of H-pyrrole nitrogens is 1. The predicted molar refractivity (Wildman–Crippen MR) is 64.2 cm³/mol. The van der Waals surface area contributed by atoms with Gasteiger partial charge in [-0.15, -0.1) is 0 Å². The van der Waals surface area contributed by atoms with Crippen molar-refractivity contribution in [1.82, 2.24) is 14.6 Å². The van der Waals surface area contributed by atoms with Crippen LogP contribution in [0.5, 0.6) is 0 Å². The Kier molecular flexibility index (Phi) is 2.15. The summed E-state index contributed by atoms with van der Waals surface area (Å²) in [6.45, 7) is 0. The lowest BCUT2D eigenvalue weighted by atomic mass is 10.1. The molecular weight excluding hydrogens is 238 g/mol. The lowest BCUT2D eigenvalue weighted by Gasteiger charge is -1.95. The quantitative estimate of drug-likeness (QED) is 0.726. The van der Waals surface area contributed by atoms with Gasteiger partial charge in [0.2, 0.25) is 0 Å². The number of hydrogen-bond donors (Lipinski definition) is 2. The van der Waals surface area contributed by atoms with Crippen LogP contribution in [0.15, 0.2) is 30.5 Å². The minimum Gasteiger partial charge on any atom is -0.477 e. The second-order valence-electron chi connectivity index (χ2n) is 3.55. The molecule has 0 aliphatic heterocycles. The number of benzene rings is 1. The molecule has 0 fully saturated rings. The average Bonchev–Trinajstić information content (AvgIpc) is 2.97. The smallest absolute Gasteiger partial charge is 0.353 e. The van der Waals surface area contributed by atoms with Gasteiger partial charge in [-0.05, 0) is 29.7 Å². The Bertz CT molecular complexity index is 701. The van der Waals surface area contributed by atoms with Crippen molar-refractivity contribution in [2.75, 3.05) is 0 Å². The van der Waals surface area contributed by atoms with Crippen molar-refractivity contribution >= 4 is 27.6 Å². The van der Waals surface area contributed by atoms with Crippen LogP contribution < -0.4 is 0 Å². The standard InChI is InChI=1S/C11H7N3O2S/c15-11(16)9-4-8(13-14-9)6-1-2-10-7(3-6)5-12-17-10/h1-5H,(H,13,14)(H,15,16). The van der Waals surface area contributed by atoms with E-state index in [9.17, 15) is 4.79 Å². The number of nitrogens with zero attached hydrogens (tertiary/aromatic N) is 2. The number of aromatic nitrogens is 3. The summed E-state index contributed by atoms with van der Waals surface area (Å²) in [5, 5.41) is 16.3. The maximum atomic E-state index is 10.7. The number of carboxylic acid groups (broad SMARTS) is 1. The minimum absolute atomic E-state index is 0.0866. The van der Waals surface area contributed by atoms with Crippen LogP contribution in [0.4, 0.5) is 0 Å². The molecular formula is C11H7N3O2S. The van der Waals surface area contributed by atoms with Crippen LogP contribution in [0.25, 0.3) is 21.3 Å². The molecule has 6 heteroatoms. The highest BCUT2D eigenvalue weighted by Crippen LogP contribution is 2.25. The van der Waals surface area contributed by atoms with Gasteiger partial charge in [0.1, 0.15) is 5.69 Å². The van der Waals surface area contributed by atoms with Gasteiger partial charge in [0.15, 0.2) is 0 Å². The molecule has 0 spiro atoms. The zero-order chi connectivity index (χ0) is 11.8. The number of fused-ring (bicyclic) bond motifs is 1. The Morgan fingerprint density at radius 2 is 2.24 bits per heavy atom. The molecule has 1 aromatic carbocycles. The van der Waals surface area contributed by atoms with E-state index in [0.717, 1.165) is 15.6 Å². The van der Waals surface area contributed by atoms with Crippen LogP contribution in [0.1, 0.15) is 10.5 Å². The Morgan fingerprint density at radius 3 is 3.00 bits per heavy atom. The minimum atomic E-state index is -1.01. The third-order valence-electron chi connectivity index (χ3n) is 2.46. The van der Waals surface area contributed by atoms with E-state index in [2.05, 4.69) is 14.6 Å². The molecule has 3 aromatic rings. The van der Waals surface area contributed by atoms with Gasteiger partial charge in [-0.1, -0.05) is 6.07 Å². The fraction of sp³-hybridized carbons (Fsp3) is 0. The van der Waals surface area contributed by atoms with Gasteiger partial charge in [-0.25, -0.2) is 4.79 Å². The van der Waals surface area contributed by atoms with Gasteiger partial charge in [0.05, 0.1) is 10.4 Å². The molecule has 2 N–H and O–H groups in total. The molecule has 0 aliphatic carbocycles. The molecule has 0 saturated heterocycles. The first kappa shape index (κ1) is 9.98. The number of carbonyl (C=O) groups is 1. The average molecular weight is 245 g/mol. The van der Waals surface area contributed by atoms with Gasteiger partial charge >= 0.3 is 5.97 Å². The number of aromatic carboxylic acids is 1. The van der Waals surface area contributed by atoms with E-state index < -0.39 is 5.97 Å². The first-order valence-corrected chi connectivity index (χ1v) is 5.65. The van der Waals surface area contributed by atoms with Crippen molar-refractivity contribution in [3.05, 3.63) is 36.2 Å². The highest BCUT2D eigenvalue weighted by Gasteiger charge is 2.09. The summed E-state index contributed by atoms with van der Waals surface area (Å²) in [6.07, 6.45) is 1.79. The highest BCUT2D eigenvalue weighted by atomic mass is 32.1. The van der Waals surface area contributed by atoms with E-state index >= 15 is 0 Å². The Morgan fingerprint density at radius 1 is 1.35 bits per heavy atom. The lowest BCUT2D eigenvalue weighted by Crippen LogP contribution is -1.95. The molecule has 2 heterocycles. The van der Waals surface area contributed by atoms with Gasteiger partial charge < -0.3 is 5.11 Å². The van der Waals surface area contributed by atoms with Crippen LogP contribution in [-0.2, 0) is 0 Å². The molecule has 2 aromatic heterocycles. The van der Waals surface area contributed by atoms with Gasteiger partial charge in [0.25, 0.3) is 0 Å². The maximum absolute atomic E-state index is 10.7. The molecule has 0 aliphatic rings. The van der Waals surface area contributed by atoms with Crippen LogP contribution in [0.2, 0.25) is 0 Å². The third-order valence-corrected chi connectivity index (χ3v) is 3.24. The van der Waals surface area contributed by atoms with E-state index in [1.807, 2.05) is 18.2 Å².